The Balaban J connectivity index is 2.99. The van der Waals surface area contributed by atoms with Crippen LogP contribution in [0.25, 0.3) is 0 Å². The number of hydrogen-bond acceptors (Lipinski definition) is 5. The summed E-state index contributed by atoms with van der Waals surface area (Å²) in [4.78, 5) is 13.9. The molecule has 0 fully saturated rings. The number of nitro benzene ring substituents is 1. The lowest BCUT2D eigenvalue weighted by molar-refractivity contribution is -0.385. The van der Waals surface area contributed by atoms with Gasteiger partial charge in [0.15, 0.2) is 0 Å². The molecule has 0 amide bonds. The molecule has 0 unspecified atom stereocenters. The van der Waals surface area contributed by atoms with Crippen molar-refractivity contribution in [3.05, 3.63) is 32.8 Å². The Morgan fingerprint density at radius 2 is 2.35 bits per heavy atom. The molecule has 1 N–H and O–H groups in total. The number of aliphatic imine (C=N–C) groups is 1. The number of nitrogens with zero attached hydrogens (tertiary/aromatic N) is 2. The monoisotopic (exact) mass is 258 g/mol. The highest BCUT2D eigenvalue weighted by atomic mass is 35.5. The zero-order valence-electron chi connectivity index (χ0n) is 9.09. The minimum atomic E-state index is -0.701. The second-order valence-electron chi connectivity index (χ2n) is 3.15. The summed E-state index contributed by atoms with van der Waals surface area (Å²) in [5.74, 6) is -0.444. The van der Waals surface area contributed by atoms with Crippen LogP contribution in [0.4, 0.5) is 5.69 Å². The Hall–Kier alpha value is -1.66. The molecule has 1 aromatic carbocycles. The predicted octanol–water partition coefficient (Wildman–Crippen LogP) is 2.02. The van der Waals surface area contributed by atoms with Crippen LogP contribution >= 0.6 is 11.6 Å². The summed E-state index contributed by atoms with van der Waals surface area (Å²) in [5.41, 5.74) is -0.231. The lowest BCUT2D eigenvalue weighted by atomic mass is 10.2. The predicted molar refractivity (Wildman–Crippen MR) is 64.1 cm³/mol. The van der Waals surface area contributed by atoms with Gasteiger partial charge in [-0.25, -0.2) is 0 Å². The Bertz CT molecular complexity index is 448. The molecule has 0 saturated heterocycles. The number of benzene rings is 1. The van der Waals surface area contributed by atoms with Gasteiger partial charge in [-0.05, 0) is 6.07 Å². The third-order valence-corrected chi connectivity index (χ3v) is 2.15. The van der Waals surface area contributed by atoms with Gasteiger partial charge in [-0.2, -0.15) is 0 Å². The molecule has 17 heavy (non-hydrogen) atoms. The second-order valence-corrected chi connectivity index (χ2v) is 3.58. The summed E-state index contributed by atoms with van der Waals surface area (Å²) in [7, 11) is 1.54. The summed E-state index contributed by atoms with van der Waals surface area (Å²) < 4.78 is 4.79. The summed E-state index contributed by atoms with van der Waals surface area (Å²) in [6.45, 7) is 0.830. The summed E-state index contributed by atoms with van der Waals surface area (Å²) in [6.07, 6.45) is 1.33. The lowest BCUT2D eigenvalue weighted by Crippen LogP contribution is -1.95. The number of aromatic hydroxyl groups is 1. The third kappa shape index (κ3) is 3.69. The first kappa shape index (κ1) is 13.4. The van der Waals surface area contributed by atoms with E-state index in [9.17, 15) is 15.2 Å². The standard InChI is InChI=1S/C10H11ClN2O4/c1-17-3-2-12-6-7-4-8(11)5-9(10(7)14)13(15)16/h4-6,14H,2-3H2,1H3. The second kappa shape index (κ2) is 6.17. The van der Waals surface area contributed by atoms with Gasteiger partial charge in [0.1, 0.15) is 0 Å². The molecule has 6 nitrogen and oxygen atoms in total. The molecule has 0 atom stereocenters. The van der Waals surface area contributed by atoms with Gasteiger partial charge >= 0.3 is 5.69 Å². The van der Waals surface area contributed by atoms with Crippen LogP contribution in [0.3, 0.4) is 0 Å². The fraction of sp³-hybridized carbons (Fsp3) is 0.300. The molecule has 1 rings (SSSR count). The highest BCUT2D eigenvalue weighted by Gasteiger charge is 2.17. The molecule has 7 heteroatoms. The molecular formula is C10H11ClN2O4. The smallest absolute Gasteiger partial charge is 0.312 e. The lowest BCUT2D eigenvalue weighted by Gasteiger charge is -2.01. The van der Waals surface area contributed by atoms with Gasteiger partial charge in [-0.15, -0.1) is 0 Å². The van der Waals surface area contributed by atoms with Gasteiger partial charge in [-0.3, -0.25) is 15.1 Å². The zero-order valence-corrected chi connectivity index (χ0v) is 9.85. The summed E-state index contributed by atoms with van der Waals surface area (Å²) in [6, 6.07) is 2.49. The van der Waals surface area contributed by atoms with Crippen molar-refractivity contribution < 1.29 is 14.8 Å². The minimum absolute atomic E-state index is 0.169. The van der Waals surface area contributed by atoms with E-state index in [1.54, 1.807) is 0 Å². The maximum Gasteiger partial charge on any atom is 0.312 e. The Morgan fingerprint density at radius 3 is 2.94 bits per heavy atom. The molecule has 1 aromatic rings. The Kier molecular flexibility index (Phi) is 4.86. The van der Waals surface area contributed by atoms with Gasteiger partial charge in [0.25, 0.3) is 0 Å². The molecule has 0 aliphatic rings. The molecule has 0 aliphatic heterocycles. The van der Waals surface area contributed by atoms with E-state index in [0.29, 0.717) is 13.2 Å². The first-order valence-electron chi connectivity index (χ1n) is 4.72. The third-order valence-electron chi connectivity index (χ3n) is 1.94. The number of phenolic OH excluding ortho intramolecular Hbond substituents is 1. The molecule has 0 bridgehead atoms. The van der Waals surface area contributed by atoms with Gasteiger partial charge in [-0.1, -0.05) is 11.6 Å². The van der Waals surface area contributed by atoms with Crippen LogP contribution in [0.2, 0.25) is 5.02 Å². The number of methoxy groups -OCH3 is 1. The maximum absolute atomic E-state index is 10.6. The first-order chi connectivity index (χ1) is 8.06. The highest BCUT2D eigenvalue weighted by molar-refractivity contribution is 6.31. The van der Waals surface area contributed by atoms with Crippen LogP contribution in [-0.2, 0) is 4.74 Å². The molecule has 0 heterocycles. The van der Waals surface area contributed by atoms with E-state index in [0.717, 1.165) is 6.07 Å². The minimum Gasteiger partial charge on any atom is -0.502 e. The fourth-order valence-corrected chi connectivity index (χ4v) is 1.37. The van der Waals surface area contributed by atoms with Crippen molar-refractivity contribution >= 4 is 23.5 Å². The van der Waals surface area contributed by atoms with E-state index >= 15 is 0 Å². The van der Waals surface area contributed by atoms with Crippen molar-refractivity contribution in [3.8, 4) is 5.75 Å². The van der Waals surface area contributed by atoms with Gasteiger partial charge in [0.2, 0.25) is 5.75 Å². The van der Waals surface area contributed by atoms with Crippen molar-refractivity contribution in [2.45, 2.75) is 0 Å². The topological polar surface area (TPSA) is 85.0 Å². The number of nitro groups is 1. The number of halogens is 1. The molecule has 0 spiro atoms. The van der Waals surface area contributed by atoms with Crippen LogP contribution < -0.4 is 0 Å². The van der Waals surface area contributed by atoms with Crippen molar-refractivity contribution in [1.29, 1.82) is 0 Å². The van der Waals surface area contributed by atoms with Crippen LogP contribution in [0, 0.1) is 10.1 Å². The number of ether oxygens (including phenoxy) is 1. The number of phenols is 1. The highest BCUT2D eigenvalue weighted by Crippen LogP contribution is 2.32. The van der Waals surface area contributed by atoms with Crippen LogP contribution in [0.5, 0.6) is 5.75 Å². The van der Waals surface area contributed by atoms with Crippen LogP contribution in [-0.4, -0.2) is 36.5 Å². The fourth-order valence-electron chi connectivity index (χ4n) is 1.15. The Morgan fingerprint density at radius 1 is 1.65 bits per heavy atom. The first-order valence-corrected chi connectivity index (χ1v) is 5.09. The zero-order chi connectivity index (χ0) is 12.8. The van der Waals surface area contributed by atoms with Crippen LogP contribution in [0.1, 0.15) is 5.56 Å². The summed E-state index contributed by atoms with van der Waals surface area (Å²) >= 11 is 5.70. The average molecular weight is 259 g/mol. The molecule has 0 radical (unpaired) electrons. The number of hydrogen-bond donors (Lipinski definition) is 1. The van der Waals surface area contributed by atoms with Crippen molar-refractivity contribution in [1.82, 2.24) is 0 Å². The van der Waals surface area contributed by atoms with Crippen molar-refractivity contribution in [3.63, 3.8) is 0 Å². The van der Waals surface area contributed by atoms with Gasteiger partial charge in [0.05, 0.1) is 18.1 Å². The average Bonchev–Trinajstić information content (AvgIpc) is 2.28. The Labute approximate surface area is 103 Å². The molecule has 0 aliphatic carbocycles. The maximum atomic E-state index is 10.6. The van der Waals surface area contributed by atoms with E-state index in [4.69, 9.17) is 16.3 Å². The van der Waals surface area contributed by atoms with Crippen molar-refractivity contribution in [2.24, 2.45) is 4.99 Å². The molecule has 0 aromatic heterocycles. The van der Waals surface area contributed by atoms with Crippen LogP contribution in [0.15, 0.2) is 17.1 Å². The van der Waals surface area contributed by atoms with E-state index in [1.165, 1.54) is 19.4 Å². The largest absolute Gasteiger partial charge is 0.502 e. The number of rotatable bonds is 5. The molecule has 92 valence electrons. The SMILES string of the molecule is COCCN=Cc1cc(Cl)cc([N+](=O)[O-])c1O. The van der Waals surface area contributed by atoms with E-state index in [2.05, 4.69) is 4.99 Å². The van der Waals surface area contributed by atoms with Gasteiger partial charge < -0.3 is 9.84 Å². The van der Waals surface area contributed by atoms with E-state index in [1.807, 2.05) is 0 Å². The molecule has 0 saturated carbocycles. The van der Waals surface area contributed by atoms with Gasteiger partial charge in [0, 0.05) is 30.0 Å². The van der Waals surface area contributed by atoms with E-state index < -0.39 is 16.4 Å². The normalized spacial score (nSPS) is 10.9. The van der Waals surface area contributed by atoms with Crippen molar-refractivity contribution in [2.75, 3.05) is 20.3 Å². The van der Waals surface area contributed by atoms with E-state index in [-0.39, 0.29) is 10.6 Å². The quantitative estimate of drug-likeness (QED) is 0.379. The molecular weight excluding hydrogens is 248 g/mol. The summed E-state index contributed by atoms with van der Waals surface area (Å²) in [5, 5.41) is 20.4.